The summed E-state index contributed by atoms with van der Waals surface area (Å²) in [5.41, 5.74) is 1.90. The lowest BCUT2D eigenvalue weighted by atomic mass is 10.0. The normalized spacial score (nSPS) is 18.0. The number of aromatic nitrogens is 1. The van der Waals surface area contributed by atoms with Crippen molar-refractivity contribution in [1.29, 1.82) is 0 Å². The number of benzene rings is 1. The first kappa shape index (κ1) is 17.8. The second-order valence-electron chi connectivity index (χ2n) is 6.27. The summed E-state index contributed by atoms with van der Waals surface area (Å²) in [6.07, 6.45) is 2.84. The average Bonchev–Trinajstić information content (AvgIpc) is 3.31. The van der Waals surface area contributed by atoms with Crippen LogP contribution in [-0.4, -0.2) is 23.8 Å². The molecule has 0 amide bonds. The molecular weight excluding hydrogens is 388 g/mol. The molecule has 1 aliphatic heterocycles. The van der Waals surface area contributed by atoms with Crippen molar-refractivity contribution in [2.24, 2.45) is 0 Å². The summed E-state index contributed by atoms with van der Waals surface area (Å²) in [5.74, 6) is 0. The summed E-state index contributed by atoms with van der Waals surface area (Å²) in [6.45, 7) is 3.13. The van der Waals surface area contributed by atoms with Gasteiger partial charge in [0, 0.05) is 34.9 Å². The Morgan fingerprint density at radius 1 is 1.12 bits per heavy atom. The lowest BCUT2D eigenvalue weighted by Crippen LogP contribution is -2.42. The molecule has 4 rings (SSSR count). The largest absolute Gasteiger partial charge is 0.348 e. The highest BCUT2D eigenvalue weighted by atomic mass is 35.5. The summed E-state index contributed by atoms with van der Waals surface area (Å²) in [5, 5.41) is 0.639. The number of hydrogen-bond acceptors (Lipinski definition) is 3. The van der Waals surface area contributed by atoms with Gasteiger partial charge < -0.3 is 4.57 Å². The standard InChI is InChI=1S/C19H19ClN2O2S2/c1-2-16-9-10-18(25-16)26(23,24)22-13-12-21-11-3-4-17(21)19(22)14-5-7-15(20)8-6-14/h3-11,19H,2,12-13H2,1H3. The fraction of sp³-hybridized carbons (Fsp3) is 0.263. The van der Waals surface area contributed by atoms with Crippen LogP contribution in [0.5, 0.6) is 0 Å². The van der Waals surface area contributed by atoms with Gasteiger partial charge in [-0.25, -0.2) is 8.42 Å². The van der Waals surface area contributed by atoms with Crippen LogP contribution in [0.15, 0.2) is 58.9 Å². The fourth-order valence-corrected chi connectivity index (χ4v) is 6.54. The number of aryl methyl sites for hydroxylation is 1. The van der Waals surface area contributed by atoms with E-state index in [4.69, 9.17) is 11.6 Å². The number of hydrogen-bond donors (Lipinski definition) is 0. The van der Waals surface area contributed by atoms with E-state index in [1.807, 2.05) is 55.6 Å². The van der Waals surface area contributed by atoms with E-state index >= 15 is 0 Å². The van der Waals surface area contributed by atoms with Crippen molar-refractivity contribution < 1.29 is 8.42 Å². The number of thiophene rings is 1. The zero-order chi connectivity index (χ0) is 18.3. The molecule has 26 heavy (non-hydrogen) atoms. The van der Waals surface area contributed by atoms with E-state index in [0.717, 1.165) is 22.6 Å². The van der Waals surface area contributed by atoms with Crippen LogP contribution in [0.1, 0.15) is 29.1 Å². The van der Waals surface area contributed by atoms with E-state index < -0.39 is 10.0 Å². The Bertz CT molecular complexity index is 1020. The molecule has 1 aromatic carbocycles. The van der Waals surface area contributed by atoms with E-state index in [1.54, 1.807) is 10.4 Å². The first-order chi connectivity index (χ1) is 12.5. The molecule has 0 bridgehead atoms. The van der Waals surface area contributed by atoms with Gasteiger partial charge in [0.05, 0.1) is 6.04 Å². The molecule has 0 saturated carbocycles. The monoisotopic (exact) mass is 406 g/mol. The number of sulfonamides is 1. The molecule has 0 fully saturated rings. The van der Waals surface area contributed by atoms with Crippen LogP contribution in [0.4, 0.5) is 0 Å². The van der Waals surface area contributed by atoms with Gasteiger partial charge in [-0.15, -0.1) is 11.3 Å². The van der Waals surface area contributed by atoms with Crippen LogP contribution in [-0.2, 0) is 23.0 Å². The molecule has 0 aliphatic carbocycles. The first-order valence-corrected chi connectivity index (χ1v) is 11.1. The lowest BCUT2D eigenvalue weighted by Gasteiger charge is -2.36. The van der Waals surface area contributed by atoms with Crippen LogP contribution in [0.25, 0.3) is 0 Å². The molecule has 0 spiro atoms. The van der Waals surface area contributed by atoms with Gasteiger partial charge >= 0.3 is 0 Å². The Balaban J connectivity index is 1.82. The molecule has 4 nitrogen and oxygen atoms in total. The van der Waals surface area contributed by atoms with Crippen LogP contribution in [0.2, 0.25) is 5.02 Å². The lowest BCUT2D eigenvalue weighted by molar-refractivity contribution is 0.299. The van der Waals surface area contributed by atoms with Crippen molar-refractivity contribution in [2.45, 2.75) is 30.1 Å². The van der Waals surface area contributed by atoms with Crippen LogP contribution in [0, 0.1) is 0 Å². The molecule has 0 saturated heterocycles. The maximum absolute atomic E-state index is 13.4. The van der Waals surface area contributed by atoms with Gasteiger partial charge in [0.2, 0.25) is 0 Å². The van der Waals surface area contributed by atoms with Gasteiger partial charge in [0.15, 0.2) is 0 Å². The third-order valence-corrected chi connectivity index (χ3v) is 8.54. The van der Waals surface area contributed by atoms with Crippen LogP contribution >= 0.6 is 22.9 Å². The highest BCUT2D eigenvalue weighted by Crippen LogP contribution is 2.38. The minimum absolute atomic E-state index is 0.354. The van der Waals surface area contributed by atoms with Gasteiger partial charge in [-0.3, -0.25) is 0 Å². The number of rotatable bonds is 4. The van der Waals surface area contributed by atoms with Crippen LogP contribution in [0.3, 0.4) is 0 Å². The Kier molecular flexibility index (Phi) is 4.69. The predicted molar refractivity (Wildman–Crippen MR) is 105 cm³/mol. The molecule has 2 aromatic heterocycles. The third-order valence-electron chi connectivity index (χ3n) is 4.73. The molecule has 3 aromatic rings. The van der Waals surface area contributed by atoms with Crippen molar-refractivity contribution in [1.82, 2.24) is 8.87 Å². The summed E-state index contributed by atoms with van der Waals surface area (Å²) in [4.78, 5) is 1.08. The van der Waals surface area contributed by atoms with Crippen molar-refractivity contribution in [3.8, 4) is 0 Å². The highest BCUT2D eigenvalue weighted by molar-refractivity contribution is 7.91. The number of nitrogens with zero attached hydrogens (tertiary/aromatic N) is 2. The molecular formula is C19H19ClN2O2S2. The summed E-state index contributed by atoms with van der Waals surface area (Å²) in [7, 11) is -3.57. The predicted octanol–water partition coefficient (Wildman–Crippen LogP) is 4.56. The minimum Gasteiger partial charge on any atom is -0.348 e. The van der Waals surface area contributed by atoms with Crippen molar-refractivity contribution in [3.63, 3.8) is 0 Å². The smallest absolute Gasteiger partial charge is 0.253 e. The van der Waals surface area contributed by atoms with E-state index in [9.17, 15) is 8.42 Å². The van der Waals surface area contributed by atoms with Crippen molar-refractivity contribution in [2.75, 3.05) is 6.54 Å². The first-order valence-electron chi connectivity index (χ1n) is 8.52. The second-order valence-corrected chi connectivity index (χ2v) is 9.99. The van der Waals surface area contributed by atoms with Crippen LogP contribution < -0.4 is 0 Å². The zero-order valence-corrected chi connectivity index (χ0v) is 16.7. The summed E-state index contributed by atoms with van der Waals surface area (Å²) in [6, 6.07) is 14.7. The maximum atomic E-state index is 13.4. The Hall–Kier alpha value is -1.60. The third kappa shape index (κ3) is 3.01. The minimum atomic E-state index is -3.57. The van der Waals surface area contributed by atoms with Crippen molar-refractivity contribution in [3.05, 3.63) is 75.9 Å². The molecule has 3 heterocycles. The Morgan fingerprint density at radius 3 is 2.58 bits per heavy atom. The maximum Gasteiger partial charge on any atom is 0.253 e. The fourth-order valence-electron chi connectivity index (χ4n) is 3.41. The molecule has 136 valence electrons. The molecule has 7 heteroatoms. The second kappa shape index (κ2) is 6.85. The molecule has 0 radical (unpaired) electrons. The zero-order valence-electron chi connectivity index (χ0n) is 14.3. The number of halogens is 1. The van der Waals surface area contributed by atoms with Gasteiger partial charge in [0.1, 0.15) is 4.21 Å². The quantitative estimate of drug-likeness (QED) is 0.637. The Morgan fingerprint density at radius 2 is 1.88 bits per heavy atom. The molecule has 0 N–H and O–H groups in total. The van der Waals surface area contributed by atoms with E-state index in [1.165, 1.54) is 11.3 Å². The summed E-state index contributed by atoms with van der Waals surface area (Å²) >= 11 is 7.39. The van der Waals surface area contributed by atoms with Gasteiger partial charge in [-0.1, -0.05) is 30.7 Å². The topological polar surface area (TPSA) is 42.3 Å². The Labute approximate surface area is 162 Å². The van der Waals surface area contributed by atoms with Crippen molar-refractivity contribution >= 4 is 33.0 Å². The van der Waals surface area contributed by atoms with E-state index in [-0.39, 0.29) is 6.04 Å². The SMILES string of the molecule is CCc1ccc(S(=O)(=O)N2CCn3cccc3C2c2ccc(Cl)cc2)s1. The molecule has 1 atom stereocenters. The van der Waals surface area contributed by atoms with Gasteiger partial charge in [0.25, 0.3) is 10.0 Å². The van der Waals surface area contributed by atoms with Gasteiger partial charge in [-0.2, -0.15) is 4.31 Å². The van der Waals surface area contributed by atoms with E-state index in [2.05, 4.69) is 4.57 Å². The van der Waals surface area contributed by atoms with E-state index in [0.29, 0.717) is 22.3 Å². The average molecular weight is 407 g/mol. The summed E-state index contributed by atoms with van der Waals surface area (Å²) < 4.78 is 31.0. The molecule has 1 unspecified atom stereocenters. The number of fused-ring (bicyclic) bond motifs is 1. The molecule has 1 aliphatic rings. The van der Waals surface area contributed by atoms with Gasteiger partial charge in [-0.05, 0) is 48.4 Å². The highest BCUT2D eigenvalue weighted by Gasteiger charge is 2.38.